The Morgan fingerprint density at radius 1 is 1.59 bits per heavy atom. The van der Waals surface area contributed by atoms with E-state index in [0.717, 1.165) is 6.42 Å². The summed E-state index contributed by atoms with van der Waals surface area (Å²) in [5, 5.41) is -0.0295. The zero-order valence-corrected chi connectivity index (χ0v) is 12.1. The first-order valence-corrected chi connectivity index (χ1v) is 6.55. The Balaban J connectivity index is 2.71. The molecule has 1 aromatic carbocycles. The Morgan fingerprint density at radius 2 is 2.24 bits per heavy atom. The number of carbonyl (C=O) groups excluding carboxylic acids is 1. The number of halogens is 3. The topological polar surface area (TPSA) is 20.3 Å². The van der Waals surface area contributed by atoms with Gasteiger partial charge in [-0.25, -0.2) is 4.39 Å². The molecule has 0 fully saturated rings. The van der Waals surface area contributed by atoms with Crippen LogP contribution >= 0.6 is 27.5 Å². The van der Waals surface area contributed by atoms with E-state index >= 15 is 0 Å². The molecule has 1 atom stereocenters. The van der Waals surface area contributed by atoms with Gasteiger partial charge in [-0.2, -0.15) is 0 Å². The number of hydrogen-bond donors (Lipinski definition) is 0. The number of alkyl halides is 1. The molecule has 1 amide bonds. The number of amides is 1. The van der Waals surface area contributed by atoms with Crippen LogP contribution in [0.2, 0.25) is 5.02 Å². The molecule has 17 heavy (non-hydrogen) atoms. The van der Waals surface area contributed by atoms with Crippen LogP contribution in [0.25, 0.3) is 0 Å². The lowest BCUT2D eigenvalue weighted by Crippen LogP contribution is -2.28. The molecule has 5 heteroatoms. The Morgan fingerprint density at radius 3 is 2.76 bits per heavy atom. The number of rotatable bonds is 4. The summed E-state index contributed by atoms with van der Waals surface area (Å²) in [6, 6.07) is 4.00. The molecular formula is C12H14BrClFNO. The van der Waals surface area contributed by atoms with Crippen molar-refractivity contribution in [1.29, 1.82) is 0 Å². The van der Waals surface area contributed by atoms with Gasteiger partial charge in [-0.15, -0.1) is 0 Å². The second kappa shape index (κ2) is 6.36. The first-order valence-electron chi connectivity index (χ1n) is 5.26. The van der Waals surface area contributed by atoms with Crippen LogP contribution in [0.15, 0.2) is 18.2 Å². The van der Waals surface area contributed by atoms with Gasteiger partial charge in [-0.05, 0) is 24.6 Å². The molecular weight excluding hydrogens is 308 g/mol. The van der Waals surface area contributed by atoms with E-state index in [9.17, 15) is 9.18 Å². The third-order valence-corrected chi connectivity index (χ3v) is 3.12. The number of hydrogen-bond acceptors (Lipinski definition) is 1. The molecule has 0 bridgehead atoms. The molecule has 0 aromatic heterocycles. The fraction of sp³-hybridized carbons (Fsp3) is 0.417. The first-order chi connectivity index (χ1) is 7.91. The summed E-state index contributed by atoms with van der Waals surface area (Å²) in [6.45, 7) is 2.66. The summed E-state index contributed by atoms with van der Waals surface area (Å²) >= 11 is 9.06. The second-order valence-electron chi connectivity index (χ2n) is 3.93. The van der Waals surface area contributed by atoms with Gasteiger partial charge in [-0.3, -0.25) is 4.79 Å². The van der Waals surface area contributed by atoms with Gasteiger partial charge in [0.15, 0.2) is 0 Å². The summed E-state index contributed by atoms with van der Waals surface area (Å²) in [7, 11) is 1.72. The SMILES string of the molecule is CC(Br)CCN(C)C(=O)c1ccc(F)c(Cl)c1. The Bertz CT molecular complexity index is 411. The average Bonchev–Trinajstić information content (AvgIpc) is 2.28. The van der Waals surface area contributed by atoms with E-state index < -0.39 is 5.82 Å². The summed E-state index contributed by atoms with van der Waals surface area (Å²) in [5.41, 5.74) is 0.404. The molecule has 0 saturated carbocycles. The zero-order chi connectivity index (χ0) is 13.0. The van der Waals surface area contributed by atoms with Crippen LogP contribution < -0.4 is 0 Å². The molecule has 1 unspecified atom stereocenters. The van der Waals surface area contributed by atoms with E-state index in [1.165, 1.54) is 18.2 Å². The second-order valence-corrected chi connectivity index (χ2v) is 5.90. The van der Waals surface area contributed by atoms with Gasteiger partial charge in [0, 0.05) is 24.0 Å². The van der Waals surface area contributed by atoms with Gasteiger partial charge in [0.25, 0.3) is 5.91 Å². The average molecular weight is 323 g/mol. The minimum absolute atomic E-state index is 0.0295. The van der Waals surface area contributed by atoms with E-state index in [1.54, 1.807) is 11.9 Å². The lowest BCUT2D eigenvalue weighted by atomic mass is 10.2. The fourth-order valence-electron chi connectivity index (χ4n) is 1.32. The quantitative estimate of drug-likeness (QED) is 0.774. The fourth-order valence-corrected chi connectivity index (χ4v) is 1.71. The van der Waals surface area contributed by atoms with E-state index in [2.05, 4.69) is 15.9 Å². The standard InChI is InChI=1S/C12H14BrClFNO/c1-8(13)5-6-16(2)12(17)9-3-4-11(15)10(14)7-9/h3-4,7-8H,5-6H2,1-2H3. The highest BCUT2D eigenvalue weighted by atomic mass is 79.9. The Kier molecular flexibility index (Phi) is 5.40. The van der Waals surface area contributed by atoms with Crippen molar-refractivity contribution >= 4 is 33.4 Å². The molecule has 0 spiro atoms. The number of benzene rings is 1. The lowest BCUT2D eigenvalue weighted by Gasteiger charge is -2.18. The molecule has 0 aliphatic heterocycles. The number of carbonyl (C=O) groups is 1. The van der Waals surface area contributed by atoms with Gasteiger partial charge in [-0.1, -0.05) is 34.5 Å². The zero-order valence-electron chi connectivity index (χ0n) is 9.71. The summed E-state index contributed by atoms with van der Waals surface area (Å²) in [4.78, 5) is 13.9. The highest BCUT2D eigenvalue weighted by Gasteiger charge is 2.13. The van der Waals surface area contributed by atoms with Crippen LogP contribution in [-0.4, -0.2) is 29.2 Å². The van der Waals surface area contributed by atoms with Crippen molar-refractivity contribution < 1.29 is 9.18 Å². The van der Waals surface area contributed by atoms with Gasteiger partial charge >= 0.3 is 0 Å². The van der Waals surface area contributed by atoms with Crippen LogP contribution in [0, 0.1) is 5.82 Å². The molecule has 0 aliphatic carbocycles. The van der Waals surface area contributed by atoms with E-state index in [0.29, 0.717) is 16.9 Å². The normalized spacial score (nSPS) is 12.3. The van der Waals surface area contributed by atoms with Crippen molar-refractivity contribution in [1.82, 2.24) is 4.90 Å². The van der Waals surface area contributed by atoms with E-state index in [4.69, 9.17) is 11.6 Å². The van der Waals surface area contributed by atoms with E-state index in [1.807, 2.05) is 6.92 Å². The molecule has 0 N–H and O–H groups in total. The maximum atomic E-state index is 13.0. The van der Waals surface area contributed by atoms with Crippen molar-refractivity contribution in [2.75, 3.05) is 13.6 Å². The molecule has 0 radical (unpaired) electrons. The summed E-state index contributed by atoms with van der Waals surface area (Å²) in [6.07, 6.45) is 0.858. The molecule has 0 saturated heterocycles. The van der Waals surface area contributed by atoms with Gasteiger partial charge in [0.05, 0.1) is 5.02 Å². The third kappa shape index (κ3) is 4.28. The van der Waals surface area contributed by atoms with Crippen molar-refractivity contribution in [2.45, 2.75) is 18.2 Å². The van der Waals surface area contributed by atoms with Crippen molar-refractivity contribution in [3.05, 3.63) is 34.6 Å². The van der Waals surface area contributed by atoms with Crippen LogP contribution in [0.3, 0.4) is 0 Å². The Hall–Kier alpha value is -0.610. The van der Waals surface area contributed by atoms with Crippen LogP contribution in [0.1, 0.15) is 23.7 Å². The monoisotopic (exact) mass is 321 g/mol. The minimum Gasteiger partial charge on any atom is -0.342 e. The van der Waals surface area contributed by atoms with Crippen molar-refractivity contribution in [2.24, 2.45) is 0 Å². The largest absolute Gasteiger partial charge is 0.342 e. The minimum atomic E-state index is -0.514. The van der Waals surface area contributed by atoms with Crippen molar-refractivity contribution in [3.8, 4) is 0 Å². The van der Waals surface area contributed by atoms with Gasteiger partial charge in [0.2, 0.25) is 0 Å². The summed E-state index contributed by atoms with van der Waals surface area (Å²) < 4.78 is 13.0. The molecule has 94 valence electrons. The van der Waals surface area contributed by atoms with Gasteiger partial charge in [0.1, 0.15) is 5.82 Å². The maximum Gasteiger partial charge on any atom is 0.253 e. The molecule has 0 heterocycles. The highest BCUT2D eigenvalue weighted by molar-refractivity contribution is 9.09. The molecule has 1 aromatic rings. The molecule has 0 aliphatic rings. The van der Waals surface area contributed by atoms with E-state index in [-0.39, 0.29) is 10.9 Å². The third-order valence-electron chi connectivity index (χ3n) is 2.38. The first kappa shape index (κ1) is 14.5. The molecule has 1 rings (SSSR count). The van der Waals surface area contributed by atoms with Crippen LogP contribution in [0.5, 0.6) is 0 Å². The summed E-state index contributed by atoms with van der Waals surface area (Å²) in [5.74, 6) is -0.667. The molecule has 2 nitrogen and oxygen atoms in total. The van der Waals surface area contributed by atoms with Crippen molar-refractivity contribution in [3.63, 3.8) is 0 Å². The van der Waals surface area contributed by atoms with Gasteiger partial charge < -0.3 is 4.90 Å². The smallest absolute Gasteiger partial charge is 0.253 e. The predicted octanol–water partition coefficient (Wildman–Crippen LogP) is 3.72. The Labute approximate surface area is 114 Å². The van der Waals surface area contributed by atoms with Crippen LogP contribution in [-0.2, 0) is 0 Å². The lowest BCUT2D eigenvalue weighted by molar-refractivity contribution is 0.0794. The maximum absolute atomic E-state index is 13.0. The number of nitrogens with zero attached hydrogens (tertiary/aromatic N) is 1. The highest BCUT2D eigenvalue weighted by Crippen LogP contribution is 2.17. The van der Waals surface area contributed by atoms with Crippen LogP contribution in [0.4, 0.5) is 4.39 Å². The predicted molar refractivity (Wildman–Crippen MR) is 71.4 cm³/mol.